The average Bonchev–Trinajstić information content (AvgIpc) is 3.17. The molecule has 5 rings (SSSR count). The van der Waals surface area contributed by atoms with Gasteiger partial charge in [0.15, 0.2) is 0 Å². The molecule has 0 saturated heterocycles. The second-order valence-corrected chi connectivity index (χ2v) is 8.09. The Hall–Kier alpha value is -3.19. The van der Waals surface area contributed by atoms with Crippen molar-refractivity contribution in [1.29, 1.82) is 0 Å². The summed E-state index contributed by atoms with van der Waals surface area (Å²) < 4.78 is 8.18. The molecule has 0 radical (unpaired) electrons. The number of ether oxygens (including phenoxy) is 1. The van der Waals surface area contributed by atoms with E-state index in [1.54, 1.807) is 6.07 Å². The fraction of sp³-hybridized carbons (Fsp3) is 0.148. The van der Waals surface area contributed by atoms with Crippen LogP contribution in [0.5, 0.6) is 5.75 Å². The van der Waals surface area contributed by atoms with Gasteiger partial charge in [0.05, 0.1) is 22.6 Å². The van der Waals surface area contributed by atoms with Gasteiger partial charge >= 0.3 is 29.6 Å². The van der Waals surface area contributed by atoms with Crippen LogP contribution < -0.4 is 39.4 Å². The topological polar surface area (TPSA) is 79.5 Å². The summed E-state index contributed by atoms with van der Waals surface area (Å²) in [5.74, 6) is -0.829. The van der Waals surface area contributed by atoms with Crippen LogP contribution in [0.3, 0.4) is 0 Å². The molecule has 0 aliphatic heterocycles. The molecule has 0 bridgehead atoms. The van der Waals surface area contributed by atoms with E-state index in [9.17, 15) is 9.90 Å². The van der Waals surface area contributed by atoms with E-state index in [0.29, 0.717) is 28.0 Å². The van der Waals surface area contributed by atoms with Crippen LogP contribution in [-0.4, -0.2) is 20.3 Å². The van der Waals surface area contributed by atoms with Crippen LogP contribution in [0.15, 0.2) is 72.9 Å². The fourth-order valence-corrected chi connectivity index (χ4v) is 4.17. The first-order valence-electron chi connectivity index (χ1n) is 10.8. The molecule has 164 valence electrons. The molecule has 5 aromatic rings. The molecule has 0 aliphatic rings. The first-order chi connectivity index (χ1) is 15.9. The molecule has 0 aliphatic carbocycles. The van der Waals surface area contributed by atoms with Gasteiger partial charge < -0.3 is 19.0 Å². The minimum Gasteiger partial charge on any atom is -0.545 e. The van der Waals surface area contributed by atoms with E-state index in [2.05, 4.69) is 4.98 Å². The Kier molecular flexibility index (Phi) is 6.75. The maximum absolute atomic E-state index is 12.3. The number of hydrogen-bond donors (Lipinski definition) is 0. The molecule has 0 N–H and O–H groups in total. The van der Waals surface area contributed by atoms with Crippen LogP contribution in [0.4, 0.5) is 0 Å². The predicted molar refractivity (Wildman–Crippen MR) is 125 cm³/mol. The van der Waals surface area contributed by atoms with E-state index < -0.39 is 5.97 Å². The van der Waals surface area contributed by atoms with E-state index in [-0.39, 0.29) is 41.2 Å². The molecule has 3 aromatic heterocycles. The number of aromatic carboxylic acids is 1. The van der Waals surface area contributed by atoms with E-state index in [0.717, 1.165) is 22.5 Å². The summed E-state index contributed by atoms with van der Waals surface area (Å²) >= 11 is 0. The number of carbonyl (C=O) groups excluding carboxylic acids is 1. The number of carboxylic acid groups (broad SMARTS) is 1. The first kappa shape index (κ1) is 24.0. The number of fused-ring (bicyclic) bond motifs is 2. The van der Waals surface area contributed by atoms with Crippen LogP contribution >= 0.6 is 0 Å². The third-order valence-electron chi connectivity index (χ3n) is 5.93. The van der Waals surface area contributed by atoms with Gasteiger partial charge in [0.1, 0.15) is 23.2 Å². The van der Waals surface area contributed by atoms with Crippen LogP contribution in [0.2, 0.25) is 0 Å². The van der Waals surface area contributed by atoms with Gasteiger partial charge in [-0.15, -0.1) is 0 Å². The summed E-state index contributed by atoms with van der Waals surface area (Å²) in [5, 5.41) is 12.7. The first-order valence-corrected chi connectivity index (χ1v) is 10.8. The molecule has 0 spiro atoms. The van der Waals surface area contributed by atoms with Gasteiger partial charge in [0.25, 0.3) is 0 Å². The number of aromatic nitrogens is 3. The van der Waals surface area contributed by atoms with E-state index in [4.69, 9.17) is 9.72 Å². The Labute approximate surface area is 219 Å². The zero-order valence-corrected chi connectivity index (χ0v) is 21.6. The van der Waals surface area contributed by atoms with Crippen molar-refractivity contribution < 1.29 is 44.2 Å². The number of hydrogen-bond acceptors (Lipinski definition) is 5. The molecule has 2 aromatic carbocycles. The maximum atomic E-state index is 12.3. The standard InChI is InChI=1S/C27H23N3O3.Na/c1-16-12-13-22(33-18(3)19-9-5-4-6-10-19)24-20(27(31)32)15-21(28-25(16)24)26-17(2)30-14-8-7-11-23(30)29-26;/h4-15,18H,1-3H3,(H,31,32);/q;+1/p-1/t18-;/m1./s1. The molecule has 0 amide bonds. The number of carboxylic acids is 1. The number of nitrogens with zero attached hydrogens (tertiary/aromatic N) is 3. The van der Waals surface area contributed by atoms with Gasteiger partial charge in [-0.3, -0.25) is 0 Å². The average molecular weight is 459 g/mol. The van der Waals surface area contributed by atoms with Gasteiger partial charge in [0.2, 0.25) is 0 Å². The van der Waals surface area contributed by atoms with Crippen molar-refractivity contribution in [3.05, 3.63) is 95.3 Å². The number of rotatable bonds is 5. The van der Waals surface area contributed by atoms with E-state index in [1.807, 2.05) is 86.0 Å². The normalized spacial score (nSPS) is 11.9. The smallest absolute Gasteiger partial charge is 0.545 e. The van der Waals surface area contributed by atoms with Crippen molar-refractivity contribution in [2.24, 2.45) is 0 Å². The molecule has 0 fully saturated rings. The zero-order valence-electron chi connectivity index (χ0n) is 19.6. The van der Waals surface area contributed by atoms with Crippen LogP contribution in [0.1, 0.15) is 40.2 Å². The van der Waals surface area contributed by atoms with Gasteiger partial charge in [0, 0.05) is 17.5 Å². The second kappa shape index (κ2) is 9.58. The fourth-order valence-electron chi connectivity index (χ4n) is 4.17. The zero-order chi connectivity index (χ0) is 23.1. The minimum absolute atomic E-state index is 0. The second-order valence-electron chi connectivity index (χ2n) is 8.09. The van der Waals surface area contributed by atoms with Crippen molar-refractivity contribution in [2.45, 2.75) is 26.9 Å². The molecule has 34 heavy (non-hydrogen) atoms. The molecule has 1 atom stereocenters. The molecule has 0 saturated carbocycles. The number of pyridine rings is 2. The van der Waals surface area contributed by atoms with Crippen molar-refractivity contribution >= 4 is 22.5 Å². The number of carbonyl (C=O) groups is 1. The van der Waals surface area contributed by atoms with E-state index in [1.165, 1.54) is 6.07 Å². The monoisotopic (exact) mass is 459 g/mol. The number of benzene rings is 2. The quantitative estimate of drug-likeness (QED) is 0.374. The van der Waals surface area contributed by atoms with E-state index >= 15 is 0 Å². The van der Waals surface area contributed by atoms with Gasteiger partial charge in [-0.1, -0.05) is 42.5 Å². The summed E-state index contributed by atoms with van der Waals surface area (Å²) in [7, 11) is 0. The third kappa shape index (κ3) is 4.20. The largest absolute Gasteiger partial charge is 1.00 e. The van der Waals surface area contributed by atoms with Gasteiger partial charge in [-0.05, 0) is 56.2 Å². The number of aryl methyl sites for hydroxylation is 2. The predicted octanol–water partition coefficient (Wildman–Crippen LogP) is 1.67. The molecule has 6 nitrogen and oxygen atoms in total. The Morgan fingerprint density at radius 3 is 2.44 bits per heavy atom. The Balaban J connectivity index is 0.00000274. The van der Waals surface area contributed by atoms with Crippen LogP contribution in [-0.2, 0) is 0 Å². The van der Waals surface area contributed by atoms with Gasteiger partial charge in [-0.25, -0.2) is 9.97 Å². The molecular weight excluding hydrogens is 437 g/mol. The molecular formula is C27H22N3NaO3. The Morgan fingerprint density at radius 1 is 1.00 bits per heavy atom. The Morgan fingerprint density at radius 2 is 1.74 bits per heavy atom. The van der Waals surface area contributed by atoms with Crippen molar-refractivity contribution in [3.63, 3.8) is 0 Å². The summed E-state index contributed by atoms with van der Waals surface area (Å²) in [6.45, 7) is 5.77. The molecule has 3 heterocycles. The summed E-state index contributed by atoms with van der Waals surface area (Å²) in [6, 6.07) is 20.7. The SMILES string of the molecule is Cc1ccc(O[C@H](C)c2ccccc2)c2c(C(=O)[O-])cc(-c3nc4ccccn4c3C)nc12.[Na+]. The van der Waals surface area contributed by atoms with Crippen LogP contribution in [0.25, 0.3) is 27.9 Å². The summed E-state index contributed by atoms with van der Waals surface area (Å²) in [4.78, 5) is 21.8. The third-order valence-corrected chi connectivity index (χ3v) is 5.93. The summed E-state index contributed by atoms with van der Waals surface area (Å²) in [6.07, 6.45) is 1.65. The molecule has 0 unspecified atom stereocenters. The maximum Gasteiger partial charge on any atom is 1.00 e. The van der Waals surface area contributed by atoms with Crippen molar-refractivity contribution in [1.82, 2.24) is 14.4 Å². The van der Waals surface area contributed by atoms with Crippen molar-refractivity contribution in [3.8, 4) is 17.1 Å². The van der Waals surface area contributed by atoms with Crippen molar-refractivity contribution in [2.75, 3.05) is 0 Å². The number of imidazole rings is 1. The Bertz CT molecular complexity index is 1510. The summed E-state index contributed by atoms with van der Waals surface area (Å²) in [5.41, 5.74) is 5.19. The van der Waals surface area contributed by atoms with Gasteiger partial charge in [-0.2, -0.15) is 0 Å². The van der Waals surface area contributed by atoms with Crippen LogP contribution in [0, 0.1) is 13.8 Å². The minimum atomic E-state index is -1.28. The molecule has 7 heteroatoms.